The summed E-state index contributed by atoms with van der Waals surface area (Å²) in [5.74, 6) is 2.13. The Bertz CT molecular complexity index is 1030. The number of furan rings is 1. The van der Waals surface area contributed by atoms with Crippen LogP contribution in [0.15, 0.2) is 35.2 Å². The Kier molecular flexibility index (Phi) is 6.26. The number of nitrogens with zero attached hydrogens (tertiary/aromatic N) is 4. The third kappa shape index (κ3) is 4.44. The van der Waals surface area contributed by atoms with E-state index in [2.05, 4.69) is 31.8 Å². The summed E-state index contributed by atoms with van der Waals surface area (Å²) in [6.45, 7) is 3.54. The van der Waals surface area contributed by atoms with Crippen LogP contribution in [0.5, 0.6) is 0 Å². The predicted octanol–water partition coefficient (Wildman–Crippen LogP) is 4.12. The minimum atomic E-state index is 0.290. The Labute approximate surface area is 189 Å². The number of piperidine rings is 1. The summed E-state index contributed by atoms with van der Waals surface area (Å²) in [5, 5.41) is 0. The van der Waals surface area contributed by atoms with E-state index in [0.717, 1.165) is 81.6 Å². The molecular weight excluding hydrogens is 402 g/mol. The van der Waals surface area contributed by atoms with Crippen molar-refractivity contribution in [2.45, 2.75) is 57.4 Å². The maximum Gasteiger partial charge on any atom is 0.225 e. The summed E-state index contributed by atoms with van der Waals surface area (Å²) in [5.41, 5.74) is 4.38. The van der Waals surface area contributed by atoms with Gasteiger partial charge >= 0.3 is 0 Å². The number of nitrogens with one attached hydrogen (secondary N) is 1. The topological polar surface area (TPSA) is 78.3 Å². The third-order valence-electron chi connectivity index (χ3n) is 7.20. The molecule has 3 aromatic rings. The first-order chi connectivity index (χ1) is 15.7. The van der Waals surface area contributed by atoms with Crippen LogP contribution in [0.4, 0.5) is 0 Å². The molecule has 1 aliphatic heterocycles. The molecular formula is C25H33N5O2. The van der Waals surface area contributed by atoms with E-state index in [0.29, 0.717) is 17.7 Å². The molecule has 5 rings (SSSR count). The van der Waals surface area contributed by atoms with Gasteiger partial charge in [0.25, 0.3) is 0 Å². The van der Waals surface area contributed by atoms with Crippen LogP contribution in [0.1, 0.15) is 61.5 Å². The van der Waals surface area contributed by atoms with Crippen molar-refractivity contribution in [3.63, 3.8) is 0 Å². The number of aryl methyl sites for hydroxylation is 1. The summed E-state index contributed by atoms with van der Waals surface area (Å²) in [4.78, 5) is 29.9. The fourth-order valence-corrected chi connectivity index (χ4v) is 5.12. The number of carbonyl (C=O) groups is 1. The Morgan fingerprint density at radius 1 is 1.22 bits per heavy atom. The average molecular weight is 436 g/mol. The summed E-state index contributed by atoms with van der Waals surface area (Å²) in [6.07, 6.45) is 12.6. The predicted molar refractivity (Wildman–Crippen MR) is 123 cm³/mol. The maximum atomic E-state index is 12.6. The number of hydrogen-bond acceptors (Lipinski definition) is 5. The number of fused-ring (bicyclic) bond motifs is 1. The molecule has 7 nitrogen and oxygen atoms in total. The second-order valence-corrected chi connectivity index (χ2v) is 9.42. The molecule has 1 amide bonds. The molecule has 2 aliphatic rings. The highest BCUT2D eigenvalue weighted by Crippen LogP contribution is 2.35. The lowest BCUT2D eigenvalue weighted by Crippen LogP contribution is -2.43. The lowest BCUT2D eigenvalue weighted by Gasteiger charge is -2.36. The molecule has 1 N–H and O–H groups in total. The van der Waals surface area contributed by atoms with Crippen molar-refractivity contribution in [2.75, 3.05) is 26.7 Å². The van der Waals surface area contributed by atoms with Crippen LogP contribution in [-0.2, 0) is 17.8 Å². The van der Waals surface area contributed by atoms with Crippen molar-refractivity contribution in [3.8, 4) is 0 Å². The second-order valence-electron chi connectivity index (χ2n) is 9.42. The van der Waals surface area contributed by atoms with Gasteiger partial charge in [-0.15, -0.1) is 0 Å². The molecule has 0 spiro atoms. The SMILES string of the molecule is CN(CCCc1ccco1)Cc1c(C2CCN(C(=O)C3CCC3)CC2)[nH]c2nccnc12. The zero-order chi connectivity index (χ0) is 21.9. The van der Waals surface area contributed by atoms with E-state index in [9.17, 15) is 4.79 Å². The summed E-state index contributed by atoms with van der Waals surface area (Å²) in [6, 6.07) is 3.98. The number of aromatic nitrogens is 3. The lowest BCUT2D eigenvalue weighted by atomic mass is 9.83. The van der Waals surface area contributed by atoms with Gasteiger partial charge in [-0.25, -0.2) is 4.98 Å². The van der Waals surface area contributed by atoms with Crippen LogP contribution >= 0.6 is 0 Å². The highest BCUT2D eigenvalue weighted by atomic mass is 16.3. The Hall–Kier alpha value is -2.67. The van der Waals surface area contributed by atoms with Gasteiger partial charge in [0.1, 0.15) is 11.3 Å². The van der Waals surface area contributed by atoms with Gasteiger partial charge in [-0.05, 0) is 57.8 Å². The van der Waals surface area contributed by atoms with Crippen LogP contribution in [0.3, 0.4) is 0 Å². The second kappa shape index (κ2) is 9.45. The molecule has 4 heterocycles. The van der Waals surface area contributed by atoms with Crippen LogP contribution in [-0.4, -0.2) is 57.3 Å². The minimum Gasteiger partial charge on any atom is -0.469 e. The fraction of sp³-hybridized carbons (Fsp3) is 0.560. The Morgan fingerprint density at radius 2 is 2.03 bits per heavy atom. The highest BCUT2D eigenvalue weighted by molar-refractivity contribution is 5.80. The molecule has 1 aliphatic carbocycles. The van der Waals surface area contributed by atoms with E-state index in [1.165, 1.54) is 17.7 Å². The lowest BCUT2D eigenvalue weighted by molar-refractivity contribution is -0.139. The molecule has 1 saturated carbocycles. The molecule has 0 atom stereocenters. The first-order valence-corrected chi connectivity index (χ1v) is 12.0. The Morgan fingerprint density at radius 3 is 2.75 bits per heavy atom. The summed E-state index contributed by atoms with van der Waals surface area (Å²) >= 11 is 0. The van der Waals surface area contributed by atoms with E-state index < -0.39 is 0 Å². The first kappa shape index (κ1) is 21.2. The maximum absolute atomic E-state index is 12.6. The zero-order valence-corrected chi connectivity index (χ0v) is 18.9. The first-order valence-electron chi connectivity index (χ1n) is 12.0. The van der Waals surface area contributed by atoms with Gasteiger partial charge < -0.3 is 19.2 Å². The normalized spacial score (nSPS) is 17.9. The van der Waals surface area contributed by atoms with Crippen LogP contribution < -0.4 is 0 Å². The standard InChI is InChI=1S/C25H33N5O2/c1-29(13-3-7-20-8-4-16-32-20)17-21-22(28-24-23(21)26-11-12-27-24)18-9-14-30(15-10-18)25(31)19-5-2-6-19/h4,8,11-12,16,18-19H,2-3,5-7,9-10,13-15,17H2,1H3,(H,27,28). The summed E-state index contributed by atoms with van der Waals surface area (Å²) in [7, 11) is 2.17. The molecule has 3 aromatic heterocycles. The number of rotatable bonds is 8. The van der Waals surface area contributed by atoms with E-state index in [1.54, 1.807) is 18.7 Å². The van der Waals surface area contributed by atoms with Crippen LogP contribution in [0.2, 0.25) is 0 Å². The number of amides is 1. The molecule has 1 saturated heterocycles. The Balaban J connectivity index is 1.26. The molecule has 0 bridgehead atoms. The fourth-order valence-electron chi connectivity index (χ4n) is 5.12. The van der Waals surface area contributed by atoms with Gasteiger partial charge in [0.05, 0.1) is 6.26 Å². The van der Waals surface area contributed by atoms with E-state index >= 15 is 0 Å². The number of hydrogen-bond donors (Lipinski definition) is 1. The largest absolute Gasteiger partial charge is 0.469 e. The van der Waals surface area contributed by atoms with Crippen LogP contribution in [0.25, 0.3) is 11.2 Å². The zero-order valence-electron chi connectivity index (χ0n) is 18.9. The van der Waals surface area contributed by atoms with E-state index in [4.69, 9.17) is 4.42 Å². The number of aromatic amines is 1. The summed E-state index contributed by atoms with van der Waals surface area (Å²) < 4.78 is 5.46. The van der Waals surface area contributed by atoms with Gasteiger partial charge in [-0.1, -0.05) is 6.42 Å². The molecule has 7 heteroatoms. The minimum absolute atomic E-state index is 0.290. The van der Waals surface area contributed by atoms with Crippen molar-refractivity contribution >= 4 is 17.1 Å². The van der Waals surface area contributed by atoms with Crippen molar-refractivity contribution < 1.29 is 9.21 Å². The van der Waals surface area contributed by atoms with Crippen LogP contribution in [0, 0.1) is 5.92 Å². The molecule has 0 aromatic carbocycles. The smallest absolute Gasteiger partial charge is 0.225 e. The number of likely N-dealkylation sites (tertiary alicyclic amines) is 1. The van der Waals surface area contributed by atoms with Gasteiger partial charge in [0.15, 0.2) is 5.65 Å². The van der Waals surface area contributed by atoms with Crippen molar-refractivity contribution in [1.29, 1.82) is 0 Å². The average Bonchev–Trinajstić information content (AvgIpc) is 3.41. The van der Waals surface area contributed by atoms with Gasteiger partial charge in [-0.3, -0.25) is 9.78 Å². The quantitative estimate of drug-likeness (QED) is 0.576. The van der Waals surface area contributed by atoms with Crippen molar-refractivity contribution in [3.05, 3.63) is 47.8 Å². The molecule has 2 fully saturated rings. The van der Waals surface area contributed by atoms with Gasteiger partial charge in [0.2, 0.25) is 5.91 Å². The third-order valence-corrected chi connectivity index (χ3v) is 7.20. The molecule has 0 unspecified atom stereocenters. The number of carbonyl (C=O) groups excluding carboxylic acids is 1. The monoisotopic (exact) mass is 435 g/mol. The van der Waals surface area contributed by atoms with Crippen molar-refractivity contribution in [2.24, 2.45) is 5.92 Å². The van der Waals surface area contributed by atoms with E-state index in [-0.39, 0.29) is 0 Å². The number of H-pyrrole nitrogens is 1. The van der Waals surface area contributed by atoms with Gasteiger partial charge in [0, 0.05) is 61.5 Å². The van der Waals surface area contributed by atoms with Gasteiger partial charge in [-0.2, -0.15) is 0 Å². The van der Waals surface area contributed by atoms with Crippen molar-refractivity contribution in [1.82, 2.24) is 24.8 Å². The molecule has 170 valence electrons. The van der Waals surface area contributed by atoms with E-state index in [1.807, 2.05) is 12.1 Å². The molecule has 0 radical (unpaired) electrons. The molecule has 32 heavy (non-hydrogen) atoms. The highest BCUT2D eigenvalue weighted by Gasteiger charge is 2.33.